The standard InChI is InChI=1S/C18H11ClN2O2/c19-13-7-5-11(6-8-13)17-21-16(18(22)23-17)9-12-10-20-15-4-2-1-3-14(12)15/h1-10,20H. The number of aliphatic imine (C=N–C) groups is 1. The fourth-order valence-corrected chi connectivity index (χ4v) is 2.61. The molecule has 0 amide bonds. The molecule has 1 N–H and O–H groups in total. The van der Waals surface area contributed by atoms with E-state index in [9.17, 15) is 4.79 Å². The first kappa shape index (κ1) is 13.8. The second kappa shape index (κ2) is 5.41. The van der Waals surface area contributed by atoms with Crippen molar-refractivity contribution < 1.29 is 9.53 Å². The van der Waals surface area contributed by atoms with E-state index in [1.165, 1.54) is 0 Å². The summed E-state index contributed by atoms with van der Waals surface area (Å²) in [7, 11) is 0. The molecule has 0 bridgehead atoms. The average molecular weight is 323 g/mol. The van der Waals surface area contributed by atoms with Gasteiger partial charge in [-0.15, -0.1) is 0 Å². The monoisotopic (exact) mass is 322 g/mol. The van der Waals surface area contributed by atoms with E-state index in [0.29, 0.717) is 10.6 Å². The van der Waals surface area contributed by atoms with Gasteiger partial charge >= 0.3 is 5.97 Å². The number of hydrogen-bond donors (Lipinski definition) is 1. The second-order valence-corrected chi connectivity index (χ2v) is 5.57. The number of hydrogen-bond acceptors (Lipinski definition) is 3. The van der Waals surface area contributed by atoms with Gasteiger partial charge in [-0.3, -0.25) is 0 Å². The Morgan fingerprint density at radius 2 is 1.87 bits per heavy atom. The third kappa shape index (κ3) is 2.53. The predicted molar refractivity (Wildman–Crippen MR) is 90.4 cm³/mol. The third-order valence-corrected chi connectivity index (χ3v) is 3.88. The van der Waals surface area contributed by atoms with Crippen LogP contribution >= 0.6 is 11.6 Å². The number of nitrogens with one attached hydrogen (secondary N) is 1. The molecule has 0 saturated carbocycles. The van der Waals surface area contributed by atoms with Crippen LogP contribution in [0, 0.1) is 0 Å². The highest BCUT2D eigenvalue weighted by Gasteiger charge is 2.24. The Kier molecular flexibility index (Phi) is 3.24. The quantitative estimate of drug-likeness (QED) is 0.569. The molecule has 4 rings (SSSR count). The lowest BCUT2D eigenvalue weighted by Crippen LogP contribution is -2.05. The zero-order valence-corrected chi connectivity index (χ0v) is 12.7. The summed E-state index contributed by atoms with van der Waals surface area (Å²) in [4.78, 5) is 19.5. The van der Waals surface area contributed by atoms with Crippen molar-refractivity contribution in [2.45, 2.75) is 0 Å². The van der Waals surface area contributed by atoms with Crippen LogP contribution < -0.4 is 0 Å². The van der Waals surface area contributed by atoms with Crippen LogP contribution in [-0.2, 0) is 9.53 Å². The zero-order chi connectivity index (χ0) is 15.8. The van der Waals surface area contributed by atoms with E-state index in [0.717, 1.165) is 16.5 Å². The highest BCUT2D eigenvalue weighted by atomic mass is 35.5. The van der Waals surface area contributed by atoms with Gasteiger partial charge in [-0.1, -0.05) is 29.8 Å². The van der Waals surface area contributed by atoms with E-state index in [1.54, 1.807) is 30.3 Å². The van der Waals surface area contributed by atoms with Gasteiger partial charge in [0.1, 0.15) is 0 Å². The van der Waals surface area contributed by atoms with Crippen molar-refractivity contribution >= 4 is 40.4 Å². The number of esters is 1. The number of cyclic esters (lactones) is 1. The first-order valence-corrected chi connectivity index (χ1v) is 7.43. The predicted octanol–water partition coefficient (Wildman–Crippen LogP) is 4.17. The number of nitrogens with zero attached hydrogens (tertiary/aromatic N) is 1. The van der Waals surface area contributed by atoms with Gasteiger partial charge in [-0.05, 0) is 36.4 Å². The summed E-state index contributed by atoms with van der Waals surface area (Å²) in [6.45, 7) is 0. The van der Waals surface area contributed by atoms with Gasteiger partial charge in [0.2, 0.25) is 5.90 Å². The number of carbonyl (C=O) groups is 1. The largest absolute Gasteiger partial charge is 0.402 e. The molecule has 0 radical (unpaired) electrons. The number of carbonyl (C=O) groups excluding carboxylic acids is 1. The molecule has 0 unspecified atom stereocenters. The Morgan fingerprint density at radius 1 is 1.09 bits per heavy atom. The van der Waals surface area contributed by atoms with Gasteiger partial charge < -0.3 is 9.72 Å². The maximum absolute atomic E-state index is 12.0. The van der Waals surface area contributed by atoms with Crippen molar-refractivity contribution in [3.05, 3.63) is 76.6 Å². The number of rotatable bonds is 2. The normalized spacial score (nSPS) is 16.0. The molecule has 2 heterocycles. The molecule has 3 aromatic rings. The van der Waals surface area contributed by atoms with Crippen molar-refractivity contribution in [3.8, 4) is 0 Å². The number of H-pyrrole nitrogens is 1. The van der Waals surface area contributed by atoms with Crippen LogP contribution in [0.3, 0.4) is 0 Å². The molecule has 5 heteroatoms. The number of fused-ring (bicyclic) bond motifs is 1. The molecular formula is C18H11ClN2O2. The summed E-state index contributed by atoms with van der Waals surface area (Å²) in [5.74, 6) is -0.169. The minimum Gasteiger partial charge on any atom is -0.402 e. The fraction of sp³-hybridized carbons (Fsp3) is 0. The maximum Gasteiger partial charge on any atom is 0.363 e. The topological polar surface area (TPSA) is 54.4 Å². The molecule has 1 aliphatic heterocycles. The molecule has 23 heavy (non-hydrogen) atoms. The molecule has 0 fully saturated rings. The number of aromatic amines is 1. The summed E-state index contributed by atoms with van der Waals surface area (Å²) < 4.78 is 5.25. The first-order chi connectivity index (χ1) is 11.2. The maximum atomic E-state index is 12.0. The van der Waals surface area contributed by atoms with Gasteiger partial charge in [0.25, 0.3) is 0 Å². The summed E-state index contributed by atoms with van der Waals surface area (Å²) >= 11 is 5.86. The fourth-order valence-electron chi connectivity index (χ4n) is 2.49. The van der Waals surface area contributed by atoms with E-state index in [-0.39, 0.29) is 11.6 Å². The molecule has 4 nitrogen and oxygen atoms in total. The molecule has 1 aromatic heterocycles. The van der Waals surface area contributed by atoms with Gasteiger partial charge in [0.15, 0.2) is 5.70 Å². The van der Waals surface area contributed by atoms with E-state index < -0.39 is 5.97 Å². The number of para-hydroxylation sites is 1. The number of aromatic nitrogens is 1. The van der Waals surface area contributed by atoms with Crippen molar-refractivity contribution in [2.75, 3.05) is 0 Å². The molecular weight excluding hydrogens is 312 g/mol. The summed E-state index contributed by atoms with van der Waals surface area (Å²) in [5, 5.41) is 1.65. The highest BCUT2D eigenvalue weighted by molar-refractivity contribution is 6.30. The van der Waals surface area contributed by atoms with Gasteiger partial charge in [0.05, 0.1) is 0 Å². The molecule has 2 aromatic carbocycles. The van der Waals surface area contributed by atoms with Crippen LogP contribution in [0.15, 0.2) is 65.4 Å². The average Bonchev–Trinajstić information content (AvgIpc) is 3.13. The van der Waals surface area contributed by atoms with Crippen LogP contribution in [0.2, 0.25) is 5.02 Å². The van der Waals surface area contributed by atoms with Crippen molar-refractivity contribution in [3.63, 3.8) is 0 Å². The van der Waals surface area contributed by atoms with Crippen LogP contribution in [0.1, 0.15) is 11.1 Å². The smallest absolute Gasteiger partial charge is 0.363 e. The Bertz CT molecular complexity index is 968. The first-order valence-electron chi connectivity index (χ1n) is 7.05. The SMILES string of the molecule is O=C1OC(c2ccc(Cl)cc2)=NC1=Cc1c[nH]c2ccccc12. The lowest BCUT2D eigenvalue weighted by Gasteiger charge is -1.98. The third-order valence-electron chi connectivity index (χ3n) is 3.63. The second-order valence-electron chi connectivity index (χ2n) is 5.13. The van der Waals surface area contributed by atoms with E-state index in [2.05, 4.69) is 9.98 Å². The summed E-state index contributed by atoms with van der Waals surface area (Å²) in [5.41, 5.74) is 2.89. The zero-order valence-electron chi connectivity index (χ0n) is 11.9. The van der Waals surface area contributed by atoms with Gasteiger partial charge in [-0.25, -0.2) is 9.79 Å². The van der Waals surface area contributed by atoms with Gasteiger partial charge in [0, 0.05) is 33.2 Å². The molecule has 0 atom stereocenters. The molecule has 0 saturated heterocycles. The highest BCUT2D eigenvalue weighted by Crippen LogP contribution is 2.24. The summed E-state index contributed by atoms with van der Waals surface area (Å²) in [6, 6.07) is 14.9. The van der Waals surface area contributed by atoms with Crippen LogP contribution in [0.5, 0.6) is 0 Å². The Morgan fingerprint density at radius 3 is 2.70 bits per heavy atom. The Labute approximate surface area is 137 Å². The number of benzene rings is 2. The Hall–Kier alpha value is -2.85. The van der Waals surface area contributed by atoms with Crippen LogP contribution in [-0.4, -0.2) is 16.9 Å². The minimum absolute atomic E-state index is 0.278. The van der Waals surface area contributed by atoms with E-state index >= 15 is 0 Å². The van der Waals surface area contributed by atoms with Crippen molar-refractivity contribution in [1.82, 2.24) is 4.98 Å². The van der Waals surface area contributed by atoms with Crippen LogP contribution in [0.25, 0.3) is 17.0 Å². The van der Waals surface area contributed by atoms with Crippen molar-refractivity contribution in [2.24, 2.45) is 4.99 Å². The number of halogens is 1. The molecule has 112 valence electrons. The minimum atomic E-state index is -0.458. The molecule has 0 aliphatic carbocycles. The van der Waals surface area contributed by atoms with Crippen LogP contribution in [0.4, 0.5) is 0 Å². The molecule has 0 spiro atoms. The van der Waals surface area contributed by atoms with Gasteiger partial charge in [-0.2, -0.15) is 0 Å². The van der Waals surface area contributed by atoms with E-state index in [1.807, 2.05) is 30.5 Å². The lowest BCUT2D eigenvalue weighted by atomic mass is 10.1. The Balaban J connectivity index is 1.73. The molecule has 1 aliphatic rings. The summed E-state index contributed by atoms with van der Waals surface area (Å²) in [6.07, 6.45) is 3.57. The van der Waals surface area contributed by atoms with Crippen molar-refractivity contribution in [1.29, 1.82) is 0 Å². The lowest BCUT2D eigenvalue weighted by molar-refractivity contribution is -0.129. The number of ether oxygens (including phenoxy) is 1. The van der Waals surface area contributed by atoms with E-state index in [4.69, 9.17) is 16.3 Å².